The van der Waals surface area contributed by atoms with Gasteiger partial charge >= 0.3 is 0 Å². The molecule has 1 aromatic carbocycles. The van der Waals surface area contributed by atoms with E-state index in [0.717, 1.165) is 12.1 Å². The van der Waals surface area contributed by atoms with Gasteiger partial charge in [-0.2, -0.15) is 0 Å². The average Bonchev–Trinajstić information content (AvgIpc) is 2.98. The summed E-state index contributed by atoms with van der Waals surface area (Å²) in [6.07, 6.45) is 0. The summed E-state index contributed by atoms with van der Waals surface area (Å²) in [4.78, 5) is 13.9. The molecular weight excluding hydrogens is 319 g/mol. The van der Waals surface area contributed by atoms with E-state index in [1.165, 1.54) is 23.9 Å². The molecular formula is C14H19FN6OS. The minimum Gasteiger partial charge on any atom is -0.351 e. The van der Waals surface area contributed by atoms with E-state index in [1.807, 2.05) is 19.0 Å². The number of aromatic nitrogens is 4. The second-order valence-electron chi connectivity index (χ2n) is 5.18. The third-order valence-corrected chi connectivity index (χ3v) is 3.95. The second-order valence-corrected chi connectivity index (χ2v) is 6.12. The molecule has 0 aliphatic rings. The summed E-state index contributed by atoms with van der Waals surface area (Å²) in [5, 5.41) is 14.9. The molecule has 1 aromatic heterocycles. The van der Waals surface area contributed by atoms with E-state index in [0.29, 0.717) is 18.2 Å². The first-order chi connectivity index (χ1) is 11.0. The normalized spacial score (nSPS) is 11.0. The van der Waals surface area contributed by atoms with Crippen molar-refractivity contribution in [3.8, 4) is 0 Å². The largest absolute Gasteiger partial charge is 0.351 e. The van der Waals surface area contributed by atoms with Crippen molar-refractivity contribution in [3.05, 3.63) is 35.6 Å². The molecule has 0 saturated carbocycles. The number of amides is 1. The Bertz CT molecular complexity index is 630. The van der Waals surface area contributed by atoms with Crippen LogP contribution in [0.2, 0.25) is 0 Å². The van der Waals surface area contributed by atoms with Gasteiger partial charge in [-0.1, -0.05) is 23.9 Å². The molecule has 0 aliphatic carbocycles. The molecule has 23 heavy (non-hydrogen) atoms. The van der Waals surface area contributed by atoms with Crippen LogP contribution in [-0.2, 0) is 17.9 Å². The minimum atomic E-state index is -0.291. The molecule has 0 spiro atoms. The van der Waals surface area contributed by atoms with Crippen LogP contribution in [-0.4, -0.2) is 57.4 Å². The van der Waals surface area contributed by atoms with Gasteiger partial charge in [0, 0.05) is 13.1 Å². The molecule has 0 radical (unpaired) electrons. The maximum Gasteiger partial charge on any atom is 0.230 e. The fraction of sp³-hybridized carbons (Fsp3) is 0.429. The van der Waals surface area contributed by atoms with Gasteiger partial charge in [0.1, 0.15) is 5.82 Å². The monoisotopic (exact) mass is 338 g/mol. The maximum atomic E-state index is 12.8. The fourth-order valence-electron chi connectivity index (χ4n) is 1.72. The Morgan fingerprint density at radius 1 is 1.35 bits per heavy atom. The van der Waals surface area contributed by atoms with E-state index in [-0.39, 0.29) is 17.5 Å². The number of tetrazole rings is 1. The van der Waals surface area contributed by atoms with Crippen LogP contribution in [0.5, 0.6) is 0 Å². The van der Waals surface area contributed by atoms with E-state index >= 15 is 0 Å². The predicted molar refractivity (Wildman–Crippen MR) is 85.3 cm³/mol. The second kappa shape index (κ2) is 8.59. The van der Waals surface area contributed by atoms with Gasteiger partial charge in [-0.25, -0.2) is 9.07 Å². The number of hydrogen-bond donors (Lipinski definition) is 1. The molecule has 0 fully saturated rings. The fourth-order valence-corrected chi connectivity index (χ4v) is 2.45. The highest BCUT2D eigenvalue weighted by molar-refractivity contribution is 7.99. The third kappa shape index (κ3) is 5.95. The van der Waals surface area contributed by atoms with Gasteiger partial charge in [-0.05, 0) is 42.2 Å². The van der Waals surface area contributed by atoms with Gasteiger partial charge in [0.2, 0.25) is 11.1 Å². The predicted octanol–water partition coefficient (Wildman–Crippen LogP) is 0.782. The summed E-state index contributed by atoms with van der Waals surface area (Å²) in [6, 6.07) is 6.03. The number of nitrogens with one attached hydrogen (secondary N) is 1. The van der Waals surface area contributed by atoms with Crippen molar-refractivity contribution in [2.45, 2.75) is 18.2 Å². The van der Waals surface area contributed by atoms with Gasteiger partial charge in [-0.15, -0.1) is 5.10 Å². The van der Waals surface area contributed by atoms with Crippen LogP contribution in [0, 0.1) is 5.82 Å². The highest BCUT2D eigenvalue weighted by Gasteiger charge is 2.10. The maximum absolute atomic E-state index is 12.8. The summed E-state index contributed by atoms with van der Waals surface area (Å²) in [5.41, 5.74) is 0.848. The van der Waals surface area contributed by atoms with Crippen molar-refractivity contribution in [2.75, 3.05) is 26.4 Å². The zero-order valence-electron chi connectivity index (χ0n) is 13.1. The first-order valence-corrected chi connectivity index (χ1v) is 8.08. The molecule has 0 unspecified atom stereocenters. The number of carbonyl (C=O) groups excluding carboxylic acids is 1. The molecule has 0 atom stereocenters. The van der Waals surface area contributed by atoms with Crippen molar-refractivity contribution in [1.82, 2.24) is 30.4 Å². The molecule has 7 nitrogen and oxygen atoms in total. The Balaban J connectivity index is 1.76. The molecule has 1 amide bonds. The number of carbonyl (C=O) groups is 1. The Kier molecular flexibility index (Phi) is 6.48. The van der Waals surface area contributed by atoms with E-state index < -0.39 is 0 Å². The summed E-state index contributed by atoms with van der Waals surface area (Å²) < 4.78 is 14.5. The van der Waals surface area contributed by atoms with Crippen molar-refractivity contribution in [1.29, 1.82) is 0 Å². The summed E-state index contributed by atoms with van der Waals surface area (Å²) >= 11 is 1.29. The molecule has 0 saturated heterocycles. The molecule has 0 aliphatic heterocycles. The quantitative estimate of drug-likeness (QED) is 0.717. The van der Waals surface area contributed by atoms with Crippen LogP contribution in [0.4, 0.5) is 4.39 Å². The lowest BCUT2D eigenvalue weighted by Crippen LogP contribution is -2.25. The first-order valence-electron chi connectivity index (χ1n) is 7.09. The van der Waals surface area contributed by atoms with Crippen molar-refractivity contribution >= 4 is 17.7 Å². The zero-order valence-corrected chi connectivity index (χ0v) is 13.9. The zero-order chi connectivity index (χ0) is 16.7. The summed E-state index contributed by atoms with van der Waals surface area (Å²) in [7, 11) is 3.94. The lowest BCUT2D eigenvalue weighted by Gasteiger charge is -2.09. The topological polar surface area (TPSA) is 75.9 Å². The van der Waals surface area contributed by atoms with Gasteiger partial charge in [0.15, 0.2) is 0 Å². The minimum absolute atomic E-state index is 0.124. The van der Waals surface area contributed by atoms with Gasteiger partial charge in [0.25, 0.3) is 0 Å². The Morgan fingerprint density at radius 2 is 2.09 bits per heavy atom. The number of likely N-dealkylation sites (N-methyl/N-ethyl adjacent to an activating group) is 1. The van der Waals surface area contributed by atoms with Crippen LogP contribution >= 0.6 is 11.8 Å². The molecule has 1 N–H and O–H groups in total. The Morgan fingerprint density at radius 3 is 2.78 bits per heavy atom. The van der Waals surface area contributed by atoms with E-state index in [4.69, 9.17) is 0 Å². The Labute approximate surface area is 138 Å². The van der Waals surface area contributed by atoms with Crippen LogP contribution in [0.3, 0.4) is 0 Å². The van der Waals surface area contributed by atoms with Crippen molar-refractivity contribution in [3.63, 3.8) is 0 Å². The molecule has 124 valence electrons. The molecule has 9 heteroatoms. The van der Waals surface area contributed by atoms with Gasteiger partial charge in [0.05, 0.1) is 12.3 Å². The lowest BCUT2D eigenvalue weighted by atomic mass is 10.2. The van der Waals surface area contributed by atoms with Crippen molar-refractivity contribution < 1.29 is 9.18 Å². The number of benzene rings is 1. The molecule has 1 heterocycles. The van der Waals surface area contributed by atoms with Crippen LogP contribution < -0.4 is 5.32 Å². The smallest absolute Gasteiger partial charge is 0.230 e. The number of thioether (sulfide) groups is 1. The lowest BCUT2D eigenvalue weighted by molar-refractivity contribution is -0.118. The number of halogens is 1. The van der Waals surface area contributed by atoms with E-state index in [1.54, 1.807) is 16.8 Å². The number of nitrogens with zero attached hydrogens (tertiary/aromatic N) is 5. The van der Waals surface area contributed by atoms with Gasteiger partial charge < -0.3 is 10.2 Å². The third-order valence-electron chi connectivity index (χ3n) is 2.99. The number of hydrogen-bond acceptors (Lipinski definition) is 6. The van der Waals surface area contributed by atoms with E-state index in [9.17, 15) is 9.18 Å². The summed E-state index contributed by atoms with van der Waals surface area (Å²) in [5.74, 6) is -0.189. The van der Waals surface area contributed by atoms with Gasteiger partial charge in [-0.3, -0.25) is 4.79 Å². The SMILES string of the molecule is CN(C)CCn1nnnc1SCC(=O)NCc1ccc(F)cc1. The highest BCUT2D eigenvalue weighted by atomic mass is 32.2. The number of rotatable bonds is 8. The summed E-state index contributed by atoms with van der Waals surface area (Å²) in [6.45, 7) is 1.85. The first kappa shape index (κ1) is 17.4. The standard InChI is InChI=1S/C14H19FN6OS/c1-20(2)7-8-21-14(17-18-19-21)23-10-13(22)16-9-11-3-5-12(15)6-4-11/h3-6H,7-10H2,1-2H3,(H,16,22). The van der Waals surface area contributed by atoms with Crippen molar-refractivity contribution in [2.24, 2.45) is 0 Å². The molecule has 2 aromatic rings. The van der Waals surface area contributed by atoms with Crippen LogP contribution in [0.1, 0.15) is 5.56 Å². The highest BCUT2D eigenvalue weighted by Crippen LogP contribution is 2.13. The van der Waals surface area contributed by atoms with E-state index in [2.05, 4.69) is 20.8 Å². The Hall–Kier alpha value is -2.00. The molecule has 2 rings (SSSR count). The average molecular weight is 338 g/mol. The molecule has 0 bridgehead atoms. The van der Waals surface area contributed by atoms with Crippen LogP contribution in [0.15, 0.2) is 29.4 Å². The van der Waals surface area contributed by atoms with Crippen LogP contribution in [0.25, 0.3) is 0 Å².